The second kappa shape index (κ2) is 5.22. The fourth-order valence-corrected chi connectivity index (χ4v) is 2.84. The molecule has 1 aromatic carbocycles. The zero-order chi connectivity index (χ0) is 13.9. The van der Waals surface area contributed by atoms with Crippen molar-refractivity contribution >= 4 is 27.4 Å². The van der Waals surface area contributed by atoms with Gasteiger partial charge in [0, 0.05) is 12.4 Å². The van der Waals surface area contributed by atoms with Crippen LogP contribution < -0.4 is 4.72 Å². The third kappa shape index (κ3) is 2.99. The molecule has 2 aromatic rings. The van der Waals surface area contributed by atoms with Gasteiger partial charge in [-0.2, -0.15) is 5.26 Å². The number of aromatic nitrogens is 2. The van der Waals surface area contributed by atoms with Gasteiger partial charge < -0.3 is 0 Å². The van der Waals surface area contributed by atoms with Crippen LogP contribution in [0.5, 0.6) is 0 Å². The summed E-state index contributed by atoms with van der Waals surface area (Å²) >= 11 is 5.84. The van der Waals surface area contributed by atoms with E-state index in [1.807, 2.05) is 6.07 Å². The molecule has 96 valence electrons. The number of benzene rings is 1. The van der Waals surface area contributed by atoms with Gasteiger partial charge in [0.05, 0.1) is 22.9 Å². The number of halogens is 1. The summed E-state index contributed by atoms with van der Waals surface area (Å²) in [6, 6.07) is 5.83. The highest BCUT2D eigenvalue weighted by atomic mass is 35.5. The molecule has 1 aromatic heterocycles. The van der Waals surface area contributed by atoms with Crippen molar-refractivity contribution in [2.75, 3.05) is 4.72 Å². The lowest BCUT2D eigenvalue weighted by Crippen LogP contribution is -2.14. The Balaban J connectivity index is 2.43. The van der Waals surface area contributed by atoms with Gasteiger partial charge in [-0.3, -0.25) is 9.71 Å². The fourth-order valence-electron chi connectivity index (χ4n) is 1.32. The van der Waals surface area contributed by atoms with Crippen molar-refractivity contribution in [1.82, 2.24) is 9.97 Å². The van der Waals surface area contributed by atoms with E-state index in [4.69, 9.17) is 16.9 Å². The van der Waals surface area contributed by atoms with Crippen molar-refractivity contribution in [2.24, 2.45) is 0 Å². The van der Waals surface area contributed by atoms with Gasteiger partial charge in [0.15, 0.2) is 5.82 Å². The molecular weight excluding hydrogens is 288 g/mol. The van der Waals surface area contributed by atoms with Gasteiger partial charge >= 0.3 is 0 Å². The van der Waals surface area contributed by atoms with Crippen LogP contribution in [0.3, 0.4) is 0 Å². The highest BCUT2D eigenvalue weighted by Crippen LogP contribution is 2.24. The summed E-state index contributed by atoms with van der Waals surface area (Å²) < 4.78 is 26.5. The van der Waals surface area contributed by atoms with Crippen LogP contribution in [0.4, 0.5) is 5.82 Å². The molecule has 0 spiro atoms. The van der Waals surface area contributed by atoms with Crippen LogP contribution in [-0.4, -0.2) is 18.4 Å². The van der Waals surface area contributed by atoms with Crippen LogP contribution >= 0.6 is 11.6 Å². The van der Waals surface area contributed by atoms with E-state index in [1.165, 1.54) is 36.8 Å². The van der Waals surface area contributed by atoms with Crippen LogP contribution in [0, 0.1) is 11.3 Å². The number of nitriles is 1. The monoisotopic (exact) mass is 294 g/mol. The Hall–Kier alpha value is -2.17. The minimum absolute atomic E-state index is 0.0235. The number of rotatable bonds is 3. The molecule has 6 nitrogen and oxygen atoms in total. The van der Waals surface area contributed by atoms with Crippen molar-refractivity contribution in [3.05, 3.63) is 47.4 Å². The van der Waals surface area contributed by atoms with Crippen molar-refractivity contribution in [2.45, 2.75) is 4.90 Å². The maximum atomic E-state index is 12.1. The molecule has 1 heterocycles. The van der Waals surface area contributed by atoms with E-state index in [9.17, 15) is 8.42 Å². The molecule has 8 heteroatoms. The molecule has 19 heavy (non-hydrogen) atoms. The predicted octanol–water partition coefficient (Wildman–Crippen LogP) is 1.80. The number of nitrogens with zero attached hydrogens (tertiary/aromatic N) is 3. The lowest BCUT2D eigenvalue weighted by molar-refractivity contribution is 0.601. The molecule has 0 saturated heterocycles. The maximum Gasteiger partial charge on any atom is 0.264 e. The van der Waals surface area contributed by atoms with Gasteiger partial charge in [-0.15, -0.1) is 0 Å². The lowest BCUT2D eigenvalue weighted by Gasteiger charge is -2.08. The van der Waals surface area contributed by atoms with Crippen LogP contribution in [0.25, 0.3) is 0 Å². The summed E-state index contributed by atoms with van der Waals surface area (Å²) in [5.74, 6) is 0.0703. The molecule has 0 unspecified atom stereocenters. The van der Waals surface area contributed by atoms with E-state index in [2.05, 4.69) is 14.7 Å². The second-order valence-electron chi connectivity index (χ2n) is 3.45. The molecule has 0 atom stereocenters. The average molecular weight is 295 g/mol. The van der Waals surface area contributed by atoms with Gasteiger partial charge in [-0.1, -0.05) is 11.6 Å². The fraction of sp³-hybridized carbons (Fsp3) is 0. The van der Waals surface area contributed by atoms with E-state index in [0.29, 0.717) is 0 Å². The second-order valence-corrected chi connectivity index (χ2v) is 5.51. The number of sulfonamides is 1. The SMILES string of the molecule is N#Cc1ccc(Cl)c(S(=O)(=O)Nc2cnccn2)c1. The summed E-state index contributed by atoms with van der Waals surface area (Å²) in [6.45, 7) is 0. The van der Waals surface area contributed by atoms with E-state index in [-0.39, 0.29) is 21.3 Å². The van der Waals surface area contributed by atoms with Crippen molar-refractivity contribution in [1.29, 1.82) is 5.26 Å². The van der Waals surface area contributed by atoms with Crippen molar-refractivity contribution < 1.29 is 8.42 Å². The Morgan fingerprint density at radius 3 is 2.74 bits per heavy atom. The largest absolute Gasteiger partial charge is 0.264 e. The van der Waals surface area contributed by atoms with Gasteiger partial charge in [-0.05, 0) is 18.2 Å². The third-order valence-electron chi connectivity index (χ3n) is 2.15. The summed E-state index contributed by atoms with van der Waals surface area (Å²) in [6.07, 6.45) is 4.03. The summed E-state index contributed by atoms with van der Waals surface area (Å²) in [7, 11) is -3.91. The molecule has 0 saturated carbocycles. The predicted molar refractivity (Wildman–Crippen MR) is 69.0 cm³/mol. The first-order chi connectivity index (χ1) is 9.03. The Morgan fingerprint density at radius 1 is 1.32 bits per heavy atom. The zero-order valence-corrected chi connectivity index (χ0v) is 11.0. The van der Waals surface area contributed by atoms with Gasteiger partial charge in [0.1, 0.15) is 4.90 Å². The zero-order valence-electron chi connectivity index (χ0n) is 9.41. The summed E-state index contributed by atoms with van der Waals surface area (Å²) in [5, 5.41) is 8.80. The van der Waals surface area contributed by atoms with Crippen molar-refractivity contribution in [3.63, 3.8) is 0 Å². The van der Waals surface area contributed by atoms with Crippen LogP contribution in [-0.2, 0) is 10.0 Å². The van der Waals surface area contributed by atoms with Crippen LogP contribution in [0.1, 0.15) is 5.56 Å². The topological polar surface area (TPSA) is 95.7 Å². The molecule has 0 radical (unpaired) electrons. The van der Waals surface area contributed by atoms with E-state index in [1.54, 1.807) is 0 Å². The van der Waals surface area contributed by atoms with E-state index >= 15 is 0 Å². The van der Waals surface area contributed by atoms with Gasteiger partial charge in [0.25, 0.3) is 10.0 Å². The summed E-state index contributed by atoms with van der Waals surface area (Å²) in [5.41, 5.74) is 0.198. The van der Waals surface area contributed by atoms with Gasteiger partial charge in [-0.25, -0.2) is 13.4 Å². The van der Waals surface area contributed by atoms with Crippen molar-refractivity contribution in [3.8, 4) is 6.07 Å². The first-order valence-electron chi connectivity index (χ1n) is 5.01. The Morgan fingerprint density at radius 2 is 2.11 bits per heavy atom. The maximum absolute atomic E-state index is 12.1. The molecule has 0 aliphatic heterocycles. The summed E-state index contributed by atoms with van der Waals surface area (Å²) in [4.78, 5) is 7.36. The van der Waals surface area contributed by atoms with E-state index in [0.717, 1.165) is 0 Å². The number of nitrogens with one attached hydrogen (secondary N) is 1. The minimum atomic E-state index is -3.91. The Kier molecular flexibility index (Phi) is 3.64. The van der Waals surface area contributed by atoms with Gasteiger partial charge in [0.2, 0.25) is 0 Å². The molecule has 0 amide bonds. The number of hydrogen-bond acceptors (Lipinski definition) is 5. The Labute approximate surface area is 114 Å². The molecule has 0 aliphatic rings. The quantitative estimate of drug-likeness (QED) is 0.931. The number of hydrogen-bond donors (Lipinski definition) is 1. The standard InChI is InChI=1S/C11H7ClN4O2S/c12-9-2-1-8(6-13)5-10(9)19(17,18)16-11-7-14-3-4-15-11/h1-5,7H,(H,15,16). The van der Waals surface area contributed by atoms with Crippen LogP contribution in [0.2, 0.25) is 5.02 Å². The smallest absolute Gasteiger partial charge is 0.262 e. The highest BCUT2D eigenvalue weighted by Gasteiger charge is 2.19. The molecule has 2 rings (SSSR count). The minimum Gasteiger partial charge on any atom is -0.262 e. The molecule has 0 bridgehead atoms. The lowest BCUT2D eigenvalue weighted by atomic mass is 10.2. The highest BCUT2D eigenvalue weighted by molar-refractivity contribution is 7.92. The average Bonchev–Trinajstić information content (AvgIpc) is 2.39. The first-order valence-corrected chi connectivity index (χ1v) is 6.87. The van der Waals surface area contributed by atoms with Crippen LogP contribution in [0.15, 0.2) is 41.7 Å². The molecule has 1 N–H and O–H groups in total. The van der Waals surface area contributed by atoms with E-state index < -0.39 is 10.0 Å². The molecule has 0 fully saturated rings. The normalized spacial score (nSPS) is 10.7. The third-order valence-corrected chi connectivity index (χ3v) is 3.99. The first kappa shape index (κ1) is 13.3. The number of anilines is 1. The molecular formula is C11H7ClN4O2S. The molecule has 0 aliphatic carbocycles. The Bertz CT molecular complexity index is 741.